The lowest BCUT2D eigenvalue weighted by molar-refractivity contribution is 0.527. The van der Waals surface area contributed by atoms with Gasteiger partial charge in [0.25, 0.3) is 0 Å². The Morgan fingerprint density at radius 2 is 2.20 bits per heavy atom. The molecule has 0 amide bonds. The van der Waals surface area contributed by atoms with E-state index in [1.54, 1.807) is 18.0 Å². The summed E-state index contributed by atoms with van der Waals surface area (Å²) in [6, 6.07) is 6.05. The van der Waals surface area contributed by atoms with Crippen LogP contribution >= 0.6 is 11.8 Å². The number of rotatable bonds is 3. The first kappa shape index (κ1) is 10.3. The maximum atomic E-state index is 5.24. The molecule has 15 heavy (non-hydrogen) atoms. The summed E-state index contributed by atoms with van der Waals surface area (Å²) in [5.74, 6) is 1.88. The zero-order valence-corrected chi connectivity index (χ0v) is 9.67. The fourth-order valence-electron chi connectivity index (χ4n) is 1.34. The van der Waals surface area contributed by atoms with Crippen LogP contribution in [0.25, 0.3) is 0 Å². The molecule has 2 aromatic rings. The molecule has 78 valence electrons. The molecule has 0 saturated heterocycles. The van der Waals surface area contributed by atoms with Gasteiger partial charge in [0, 0.05) is 16.8 Å². The highest BCUT2D eigenvalue weighted by atomic mass is 32.2. The number of hydrogen-bond donors (Lipinski definition) is 0. The Morgan fingerprint density at radius 1 is 1.33 bits per heavy atom. The first-order chi connectivity index (χ1) is 7.27. The largest absolute Gasteiger partial charge is 0.468 e. The average Bonchev–Trinajstić information content (AvgIpc) is 2.63. The van der Waals surface area contributed by atoms with Gasteiger partial charge in [0.2, 0.25) is 0 Å². The molecule has 0 spiro atoms. The van der Waals surface area contributed by atoms with Crippen molar-refractivity contribution in [1.29, 1.82) is 0 Å². The molecule has 0 N–H and O–H groups in total. The molecule has 2 heterocycles. The molecule has 0 aliphatic carbocycles. The Kier molecular flexibility index (Phi) is 3.11. The number of aryl methyl sites for hydroxylation is 2. The van der Waals surface area contributed by atoms with Crippen molar-refractivity contribution < 1.29 is 4.42 Å². The van der Waals surface area contributed by atoms with Crippen molar-refractivity contribution in [3.63, 3.8) is 0 Å². The Balaban J connectivity index is 2.06. The van der Waals surface area contributed by atoms with Crippen LogP contribution in [0.1, 0.15) is 17.0 Å². The van der Waals surface area contributed by atoms with Gasteiger partial charge in [-0.1, -0.05) is 6.07 Å². The lowest BCUT2D eigenvalue weighted by atomic mass is 10.2. The number of aromatic nitrogens is 1. The Morgan fingerprint density at radius 3 is 2.87 bits per heavy atom. The average molecular weight is 219 g/mol. The highest BCUT2D eigenvalue weighted by molar-refractivity contribution is 7.98. The molecule has 2 rings (SSSR count). The van der Waals surface area contributed by atoms with E-state index in [4.69, 9.17) is 4.42 Å². The molecule has 0 aromatic carbocycles. The minimum Gasteiger partial charge on any atom is -0.468 e. The lowest BCUT2D eigenvalue weighted by Crippen LogP contribution is -1.90. The molecule has 2 aromatic heterocycles. The topological polar surface area (TPSA) is 26.0 Å². The number of nitrogens with zero attached hydrogens (tertiary/aromatic N) is 1. The van der Waals surface area contributed by atoms with Crippen LogP contribution in [0.3, 0.4) is 0 Å². The maximum absolute atomic E-state index is 5.24. The summed E-state index contributed by atoms with van der Waals surface area (Å²) in [6.45, 7) is 4.07. The van der Waals surface area contributed by atoms with E-state index in [1.807, 2.05) is 25.3 Å². The third-order valence-electron chi connectivity index (χ3n) is 2.29. The van der Waals surface area contributed by atoms with E-state index in [1.165, 1.54) is 10.5 Å². The molecule has 0 atom stereocenters. The zero-order valence-electron chi connectivity index (χ0n) is 8.86. The molecule has 0 radical (unpaired) electrons. The molecule has 0 fully saturated rings. The second-order valence-electron chi connectivity index (χ2n) is 3.40. The van der Waals surface area contributed by atoms with Crippen LogP contribution in [-0.2, 0) is 5.75 Å². The van der Waals surface area contributed by atoms with E-state index in [2.05, 4.69) is 18.0 Å². The van der Waals surface area contributed by atoms with Gasteiger partial charge in [0.05, 0.1) is 12.0 Å². The van der Waals surface area contributed by atoms with Gasteiger partial charge in [-0.05, 0) is 31.5 Å². The number of hydrogen-bond acceptors (Lipinski definition) is 3. The van der Waals surface area contributed by atoms with Crippen LogP contribution in [0.4, 0.5) is 0 Å². The maximum Gasteiger partial charge on any atom is 0.114 e. The number of pyridine rings is 1. The van der Waals surface area contributed by atoms with Gasteiger partial charge in [-0.3, -0.25) is 4.98 Å². The van der Waals surface area contributed by atoms with Crippen LogP contribution in [-0.4, -0.2) is 4.98 Å². The SMILES string of the molecule is Cc1cccnc1CSc1ccoc1C. The fourth-order valence-corrected chi connectivity index (χ4v) is 2.34. The monoisotopic (exact) mass is 219 g/mol. The van der Waals surface area contributed by atoms with Gasteiger partial charge in [0.15, 0.2) is 0 Å². The van der Waals surface area contributed by atoms with Gasteiger partial charge in [0.1, 0.15) is 5.76 Å². The van der Waals surface area contributed by atoms with Gasteiger partial charge in [-0.15, -0.1) is 11.8 Å². The van der Waals surface area contributed by atoms with Crippen LogP contribution in [0.15, 0.2) is 40.0 Å². The Bertz CT molecular complexity index is 450. The van der Waals surface area contributed by atoms with Crippen molar-refractivity contribution in [1.82, 2.24) is 4.98 Å². The summed E-state index contributed by atoms with van der Waals surface area (Å²) in [7, 11) is 0. The van der Waals surface area contributed by atoms with Crippen molar-refractivity contribution in [2.45, 2.75) is 24.5 Å². The predicted octanol–water partition coefficient (Wildman–Crippen LogP) is 3.58. The standard InChI is InChI=1S/C12H13NOS/c1-9-4-3-6-13-11(9)8-15-12-5-7-14-10(12)2/h3-7H,8H2,1-2H3. The summed E-state index contributed by atoms with van der Waals surface area (Å²) in [5.41, 5.74) is 2.38. The zero-order chi connectivity index (χ0) is 10.7. The summed E-state index contributed by atoms with van der Waals surface area (Å²) >= 11 is 1.76. The quantitative estimate of drug-likeness (QED) is 0.738. The molecule has 0 aliphatic heterocycles. The number of thioether (sulfide) groups is 1. The number of furan rings is 1. The van der Waals surface area contributed by atoms with Gasteiger partial charge in [-0.2, -0.15) is 0 Å². The van der Waals surface area contributed by atoms with Crippen LogP contribution in [0.2, 0.25) is 0 Å². The minimum absolute atomic E-state index is 0.896. The molecule has 0 aliphatic rings. The summed E-state index contributed by atoms with van der Waals surface area (Å²) in [4.78, 5) is 5.55. The smallest absolute Gasteiger partial charge is 0.114 e. The Hall–Kier alpha value is -1.22. The van der Waals surface area contributed by atoms with Crippen molar-refractivity contribution in [3.05, 3.63) is 47.7 Å². The first-order valence-electron chi connectivity index (χ1n) is 4.85. The van der Waals surface area contributed by atoms with E-state index in [0.29, 0.717) is 0 Å². The highest BCUT2D eigenvalue weighted by Crippen LogP contribution is 2.26. The van der Waals surface area contributed by atoms with Crippen LogP contribution in [0, 0.1) is 13.8 Å². The van der Waals surface area contributed by atoms with Crippen molar-refractivity contribution in [2.24, 2.45) is 0 Å². The summed E-state index contributed by atoms with van der Waals surface area (Å²) in [6.07, 6.45) is 3.56. The first-order valence-corrected chi connectivity index (χ1v) is 5.83. The summed E-state index contributed by atoms with van der Waals surface area (Å²) in [5, 5.41) is 0. The van der Waals surface area contributed by atoms with Gasteiger partial charge >= 0.3 is 0 Å². The predicted molar refractivity (Wildman–Crippen MR) is 62.0 cm³/mol. The molecule has 0 unspecified atom stereocenters. The highest BCUT2D eigenvalue weighted by Gasteiger charge is 2.04. The van der Waals surface area contributed by atoms with E-state index in [-0.39, 0.29) is 0 Å². The Labute approximate surface area is 93.7 Å². The fraction of sp³-hybridized carbons (Fsp3) is 0.250. The van der Waals surface area contributed by atoms with Crippen LogP contribution in [0.5, 0.6) is 0 Å². The third-order valence-corrected chi connectivity index (χ3v) is 3.45. The molecule has 0 saturated carbocycles. The molecule has 3 heteroatoms. The summed E-state index contributed by atoms with van der Waals surface area (Å²) < 4.78 is 5.24. The normalized spacial score (nSPS) is 10.5. The van der Waals surface area contributed by atoms with E-state index >= 15 is 0 Å². The van der Waals surface area contributed by atoms with Crippen molar-refractivity contribution in [2.75, 3.05) is 0 Å². The van der Waals surface area contributed by atoms with E-state index in [0.717, 1.165) is 17.2 Å². The van der Waals surface area contributed by atoms with Crippen molar-refractivity contribution >= 4 is 11.8 Å². The van der Waals surface area contributed by atoms with Gasteiger partial charge < -0.3 is 4.42 Å². The van der Waals surface area contributed by atoms with E-state index in [9.17, 15) is 0 Å². The molecular formula is C12H13NOS. The minimum atomic E-state index is 0.896. The molecule has 0 bridgehead atoms. The molecule has 2 nitrogen and oxygen atoms in total. The van der Waals surface area contributed by atoms with Gasteiger partial charge in [-0.25, -0.2) is 0 Å². The lowest BCUT2D eigenvalue weighted by Gasteiger charge is -2.02. The second kappa shape index (κ2) is 4.53. The second-order valence-corrected chi connectivity index (χ2v) is 4.41. The third kappa shape index (κ3) is 2.42. The van der Waals surface area contributed by atoms with Crippen LogP contribution < -0.4 is 0 Å². The van der Waals surface area contributed by atoms with E-state index < -0.39 is 0 Å². The van der Waals surface area contributed by atoms with Crippen molar-refractivity contribution in [3.8, 4) is 0 Å². The molecular weight excluding hydrogens is 206 g/mol.